The monoisotopic (exact) mass is 212 g/mol. The van der Waals surface area contributed by atoms with E-state index in [1.54, 1.807) is 19.3 Å². The van der Waals surface area contributed by atoms with Crippen LogP contribution < -0.4 is 5.32 Å². The van der Waals surface area contributed by atoms with Crippen LogP contribution in [0.2, 0.25) is 0 Å². The number of nitrogens with one attached hydrogen (secondary N) is 1. The SMILES string of the molecule is CNC(=O)/C=C/c1ccc2cnccc2c1. The number of rotatable bonds is 2. The van der Waals surface area contributed by atoms with E-state index in [-0.39, 0.29) is 5.91 Å². The fraction of sp³-hybridized carbons (Fsp3) is 0.0769. The van der Waals surface area contributed by atoms with Gasteiger partial charge in [0.2, 0.25) is 5.91 Å². The summed E-state index contributed by atoms with van der Waals surface area (Å²) in [7, 11) is 1.61. The van der Waals surface area contributed by atoms with Gasteiger partial charge < -0.3 is 5.32 Å². The van der Waals surface area contributed by atoms with Gasteiger partial charge in [-0.3, -0.25) is 9.78 Å². The Morgan fingerprint density at radius 1 is 1.31 bits per heavy atom. The molecule has 0 fully saturated rings. The second kappa shape index (κ2) is 4.57. The lowest BCUT2D eigenvalue weighted by atomic mass is 10.1. The zero-order valence-corrected chi connectivity index (χ0v) is 8.97. The van der Waals surface area contributed by atoms with E-state index in [2.05, 4.69) is 10.3 Å². The third-order valence-electron chi connectivity index (χ3n) is 2.34. The zero-order valence-electron chi connectivity index (χ0n) is 8.97. The first-order valence-electron chi connectivity index (χ1n) is 5.03. The highest BCUT2D eigenvalue weighted by atomic mass is 16.1. The molecule has 16 heavy (non-hydrogen) atoms. The molecule has 1 aromatic heterocycles. The Hall–Kier alpha value is -2.16. The van der Waals surface area contributed by atoms with Gasteiger partial charge in [-0.15, -0.1) is 0 Å². The highest BCUT2D eigenvalue weighted by Gasteiger charge is 1.94. The summed E-state index contributed by atoms with van der Waals surface area (Å²) in [6.45, 7) is 0. The molecule has 2 rings (SSSR count). The molecule has 0 atom stereocenters. The summed E-state index contributed by atoms with van der Waals surface area (Å²) < 4.78 is 0. The second-order valence-corrected chi connectivity index (χ2v) is 3.43. The minimum atomic E-state index is -0.102. The minimum absolute atomic E-state index is 0.102. The van der Waals surface area contributed by atoms with Crippen LogP contribution in [0.15, 0.2) is 42.7 Å². The van der Waals surface area contributed by atoms with Gasteiger partial charge in [0, 0.05) is 30.9 Å². The standard InChI is InChI=1S/C13H12N2O/c1-14-13(16)5-3-10-2-4-12-9-15-7-6-11(12)8-10/h2-9H,1H3,(H,14,16)/b5-3+. The van der Waals surface area contributed by atoms with Gasteiger partial charge in [0.1, 0.15) is 0 Å². The first-order valence-corrected chi connectivity index (χ1v) is 5.03. The van der Waals surface area contributed by atoms with Crippen LogP contribution in [0.5, 0.6) is 0 Å². The molecule has 3 heteroatoms. The number of aromatic nitrogens is 1. The van der Waals surface area contributed by atoms with Crippen LogP contribution in [0.25, 0.3) is 16.8 Å². The summed E-state index contributed by atoms with van der Waals surface area (Å²) in [6.07, 6.45) is 6.89. The Labute approximate surface area is 93.8 Å². The minimum Gasteiger partial charge on any atom is -0.356 e. The van der Waals surface area contributed by atoms with E-state index < -0.39 is 0 Å². The number of hydrogen-bond acceptors (Lipinski definition) is 2. The molecule has 0 aliphatic rings. The molecule has 0 unspecified atom stereocenters. The Kier molecular flexibility index (Phi) is 2.96. The van der Waals surface area contributed by atoms with Crippen molar-refractivity contribution in [2.75, 3.05) is 7.05 Å². The van der Waals surface area contributed by atoms with Gasteiger partial charge in [0.15, 0.2) is 0 Å². The molecule has 2 aromatic rings. The molecule has 1 N–H and O–H groups in total. The Morgan fingerprint density at radius 2 is 2.19 bits per heavy atom. The lowest BCUT2D eigenvalue weighted by Gasteiger charge is -1.98. The van der Waals surface area contributed by atoms with Crippen molar-refractivity contribution in [2.24, 2.45) is 0 Å². The lowest BCUT2D eigenvalue weighted by Crippen LogP contribution is -2.13. The van der Waals surface area contributed by atoms with Gasteiger partial charge in [0.05, 0.1) is 0 Å². The normalized spacial score (nSPS) is 10.8. The number of pyridine rings is 1. The van der Waals surface area contributed by atoms with Gasteiger partial charge in [-0.2, -0.15) is 0 Å². The van der Waals surface area contributed by atoms with Crippen molar-refractivity contribution in [3.05, 3.63) is 48.3 Å². The number of nitrogens with zero attached hydrogens (tertiary/aromatic N) is 1. The quantitative estimate of drug-likeness (QED) is 0.773. The van der Waals surface area contributed by atoms with E-state index in [1.807, 2.05) is 30.5 Å². The van der Waals surface area contributed by atoms with Crippen molar-refractivity contribution in [1.29, 1.82) is 0 Å². The molecule has 0 saturated heterocycles. The van der Waals surface area contributed by atoms with E-state index in [4.69, 9.17) is 0 Å². The number of likely N-dealkylation sites (N-methyl/N-ethyl adjacent to an activating group) is 1. The smallest absolute Gasteiger partial charge is 0.243 e. The highest BCUT2D eigenvalue weighted by Crippen LogP contribution is 2.15. The molecule has 0 aliphatic heterocycles. The average molecular weight is 212 g/mol. The fourth-order valence-corrected chi connectivity index (χ4v) is 1.46. The molecule has 0 saturated carbocycles. The number of fused-ring (bicyclic) bond motifs is 1. The molecule has 80 valence electrons. The first-order chi connectivity index (χ1) is 7.79. The van der Waals surface area contributed by atoms with Crippen LogP contribution in [0.1, 0.15) is 5.56 Å². The summed E-state index contributed by atoms with van der Waals surface area (Å²) in [5.41, 5.74) is 1.00. The van der Waals surface area contributed by atoms with Crippen molar-refractivity contribution in [3.8, 4) is 0 Å². The molecular weight excluding hydrogens is 200 g/mol. The van der Waals surface area contributed by atoms with Crippen LogP contribution in [0, 0.1) is 0 Å². The second-order valence-electron chi connectivity index (χ2n) is 3.43. The zero-order chi connectivity index (χ0) is 11.4. The largest absolute Gasteiger partial charge is 0.356 e. The molecule has 3 nitrogen and oxygen atoms in total. The molecular formula is C13H12N2O. The van der Waals surface area contributed by atoms with E-state index in [0.717, 1.165) is 16.3 Å². The number of carbonyl (C=O) groups is 1. The van der Waals surface area contributed by atoms with Crippen LogP contribution in [0.3, 0.4) is 0 Å². The number of carbonyl (C=O) groups excluding carboxylic acids is 1. The summed E-state index contributed by atoms with van der Waals surface area (Å²) >= 11 is 0. The van der Waals surface area contributed by atoms with Crippen molar-refractivity contribution < 1.29 is 4.79 Å². The fourth-order valence-electron chi connectivity index (χ4n) is 1.46. The van der Waals surface area contributed by atoms with E-state index in [9.17, 15) is 4.79 Å². The molecule has 1 heterocycles. The first kappa shape index (κ1) is 10.4. The summed E-state index contributed by atoms with van der Waals surface area (Å²) in [6, 6.07) is 7.93. The van der Waals surface area contributed by atoms with Crippen molar-refractivity contribution >= 4 is 22.8 Å². The Bertz CT molecular complexity index is 546. The van der Waals surface area contributed by atoms with Crippen LogP contribution in [-0.2, 0) is 4.79 Å². The van der Waals surface area contributed by atoms with Crippen LogP contribution >= 0.6 is 0 Å². The van der Waals surface area contributed by atoms with Gasteiger partial charge in [0.25, 0.3) is 0 Å². The van der Waals surface area contributed by atoms with Crippen molar-refractivity contribution in [1.82, 2.24) is 10.3 Å². The predicted octanol–water partition coefficient (Wildman–Crippen LogP) is 1.99. The molecule has 0 bridgehead atoms. The average Bonchev–Trinajstić information content (AvgIpc) is 2.35. The van der Waals surface area contributed by atoms with Gasteiger partial charge in [-0.05, 0) is 29.2 Å². The maximum absolute atomic E-state index is 11.0. The number of benzene rings is 1. The topological polar surface area (TPSA) is 42.0 Å². The number of hydrogen-bond donors (Lipinski definition) is 1. The molecule has 0 radical (unpaired) electrons. The lowest BCUT2D eigenvalue weighted by molar-refractivity contribution is -0.115. The third-order valence-corrected chi connectivity index (χ3v) is 2.34. The van der Waals surface area contributed by atoms with Crippen LogP contribution in [-0.4, -0.2) is 17.9 Å². The van der Waals surface area contributed by atoms with Gasteiger partial charge in [-0.25, -0.2) is 0 Å². The van der Waals surface area contributed by atoms with Crippen LogP contribution in [0.4, 0.5) is 0 Å². The van der Waals surface area contributed by atoms with Gasteiger partial charge >= 0.3 is 0 Å². The summed E-state index contributed by atoms with van der Waals surface area (Å²) in [5.74, 6) is -0.102. The Balaban J connectivity index is 2.33. The van der Waals surface area contributed by atoms with Crippen molar-refractivity contribution in [3.63, 3.8) is 0 Å². The van der Waals surface area contributed by atoms with E-state index in [1.165, 1.54) is 6.08 Å². The molecule has 0 spiro atoms. The molecule has 1 aromatic carbocycles. The van der Waals surface area contributed by atoms with Crippen molar-refractivity contribution in [2.45, 2.75) is 0 Å². The third kappa shape index (κ3) is 2.25. The predicted molar refractivity (Wildman–Crippen MR) is 64.8 cm³/mol. The van der Waals surface area contributed by atoms with E-state index in [0.29, 0.717) is 0 Å². The van der Waals surface area contributed by atoms with E-state index >= 15 is 0 Å². The van der Waals surface area contributed by atoms with Gasteiger partial charge in [-0.1, -0.05) is 12.1 Å². The Morgan fingerprint density at radius 3 is 3.00 bits per heavy atom. The number of amides is 1. The maximum Gasteiger partial charge on any atom is 0.243 e. The molecule has 0 aliphatic carbocycles. The summed E-state index contributed by atoms with van der Waals surface area (Å²) in [4.78, 5) is 15.1. The summed E-state index contributed by atoms with van der Waals surface area (Å²) in [5, 5.41) is 4.75. The molecule has 1 amide bonds. The highest BCUT2D eigenvalue weighted by molar-refractivity contribution is 5.92. The maximum atomic E-state index is 11.0.